The van der Waals surface area contributed by atoms with Gasteiger partial charge in [0.25, 0.3) is 0 Å². The molecule has 1 fully saturated rings. The van der Waals surface area contributed by atoms with E-state index in [4.69, 9.17) is 0 Å². The van der Waals surface area contributed by atoms with Gasteiger partial charge in [0.1, 0.15) is 6.04 Å². The van der Waals surface area contributed by atoms with E-state index in [1.54, 1.807) is 17.1 Å². The van der Waals surface area contributed by atoms with Gasteiger partial charge >= 0.3 is 12.0 Å². The first-order chi connectivity index (χ1) is 9.88. The summed E-state index contributed by atoms with van der Waals surface area (Å²) < 4.78 is 1.74. The number of aliphatic carboxylic acids is 1. The van der Waals surface area contributed by atoms with Gasteiger partial charge in [-0.05, 0) is 32.6 Å². The molecule has 2 heterocycles. The zero-order valence-corrected chi connectivity index (χ0v) is 12.6. The first-order valence-electron chi connectivity index (χ1n) is 7.23. The Balaban J connectivity index is 2.05. The highest BCUT2D eigenvalue weighted by Crippen LogP contribution is 2.23. The Bertz CT molecular complexity index is 526. The molecule has 116 valence electrons. The van der Waals surface area contributed by atoms with E-state index in [1.165, 1.54) is 4.90 Å². The number of hydrogen-bond acceptors (Lipinski definition) is 3. The van der Waals surface area contributed by atoms with Crippen LogP contribution in [0.15, 0.2) is 12.4 Å². The predicted octanol–water partition coefficient (Wildman–Crippen LogP) is 2.18. The van der Waals surface area contributed by atoms with Crippen molar-refractivity contribution in [2.24, 2.45) is 5.92 Å². The first-order valence-corrected chi connectivity index (χ1v) is 7.23. The third-order valence-electron chi connectivity index (χ3n) is 3.79. The lowest BCUT2D eigenvalue weighted by Crippen LogP contribution is -2.51. The number of aromatic nitrogens is 2. The lowest BCUT2D eigenvalue weighted by Gasteiger charge is -2.35. The number of anilines is 1. The highest BCUT2D eigenvalue weighted by molar-refractivity contribution is 5.92. The van der Waals surface area contributed by atoms with E-state index in [9.17, 15) is 14.7 Å². The van der Waals surface area contributed by atoms with Crippen LogP contribution in [-0.2, 0) is 4.79 Å². The predicted molar refractivity (Wildman–Crippen MR) is 78.2 cm³/mol. The van der Waals surface area contributed by atoms with Crippen LogP contribution < -0.4 is 5.32 Å². The molecule has 0 radical (unpaired) electrons. The summed E-state index contributed by atoms with van der Waals surface area (Å²) in [5, 5.41) is 16.2. The van der Waals surface area contributed by atoms with Gasteiger partial charge in [-0.3, -0.25) is 4.68 Å². The molecule has 0 spiro atoms. The Hall–Kier alpha value is -2.05. The zero-order valence-electron chi connectivity index (χ0n) is 12.6. The molecule has 2 N–H and O–H groups in total. The maximum absolute atomic E-state index is 12.3. The molecule has 1 aliphatic heterocycles. The molecule has 1 aromatic heterocycles. The van der Waals surface area contributed by atoms with Crippen LogP contribution in [0.4, 0.5) is 10.5 Å². The van der Waals surface area contributed by atoms with E-state index in [2.05, 4.69) is 10.4 Å². The van der Waals surface area contributed by atoms with Crippen LogP contribution in [0.25, 0.3) is 0 Å². The lowest BCUT2D eigenvalue weighted by atomic mass is 9.93. The van der Waals surface area contributed by atoms with Crippen molar-refractivity contribution in [2.75, 3.05) is 11.9 Å². The summed E-state index contributed by atoms with van der Waals surface area (Å²) in [6.07, 6.45) is 4.63. The quantitative estimate of drug-likeness (QED) is 0.894. The monoisotopic (exact) mass is 294 g/mol. The minimum absolute atomic E-state index is 0.207. The summed E-state index contributed by atoms with van der Waals surface area (Å²) in [4.78, 5) is 25.0. The number of nitrogens with zero attached hydrogens (tertiary/aromatic N) is 3. The molecule has 1 saturated heterocycles. The molecule has 0 aromatic carbocycles. The third kappa shape index (κ3) is 3.53. The minimum atomic E-state index is -0.949. The van der Waals surface area contributed by atoms with Crippen LogP contribution >= 0.6 is 0 Å². The van der Waals surface area contributed by atoms with E-state index in [-0.39, 0.29) is 12.1 Å². The van der Waals surface area contributed by atoms with Crippen molar-refractivity contribution in [3.05, 3.63) is 12.4 Å². The second kappa shape index (κ2) is 6.15. The Morgan fingerprint density at radius 1 is 1.48 bits per heavy atom. The molecule has 0 bridgehead atoms. The average Bonchev–Trinajstić information content (AvgIpc) is 2.87. The van der Waals surface area contributed by atoms with E-state index in [0.29, 0.717) is 24.6 Å². The van der Waals surface area contributed by atoms with Gasteiger partial charge in [0.05, 0.1) is 11.9 Å². The number of hydrogen-bond donors (Lipinski definition) is 2. The van der Waals surface area contributed by atoms with Crippen molar-refractivity contribution < 1.29 is 14.7 Å². The number of nitrogens with one attached hydrogen (secondary N) is 1. The van der Waals surface area contributed by atoms with Gasteiger partial charge in [0, 0.05) is 18.8 Å². The first kappa shape index (κ1) is 15.3. The van der Waals surface area contributed by atoms with Gasteiger partial charge < -0.3 is 15.3 Å². The largest absolute Gasteiger partial charge is 0.480 e. The molecule has 2 unspecified atom stereocenters. The number of likely N-dealkylation sites (tertiary alicyclic amines) is 1. The van der Waals surface area contributed by atoms with Crippen LogP contribution in [0.2, 0.25) is 0 Å². The van der Waals surface area contributed by atoms with Crippen molar-refractivity contribution in [2.45, 2.75) is 45.7 Å². The van der Waals surface area contributed by atoms with E-state index in [0.717, 1.165) is 6.42 Å². The van der Waals surface area contributed by atoms with Crippen LogP contribution in [0.3, 0.4) is 0 Å². The molecule has 7 heteroatoms. The average molecular weight is 294 g/mol. The number of urea groups is 1. The van der Waals surface area contributed by atoms with Gasteiger partial charge in [-0.25, -0.2) is 9.59 Å². The summed E-state index contributed by atoms with van der Waals surface area (Å²) in [7, 11) is 0. The second-order valence-corrected chi connectivity index (χ2v) is 5.91. The molecule has 0 saturated carbocycles. The summed E-state index contributed by atoms with van der Waals surface area (Å²) in [5.74, 6) is -0.631. The fourth-order valence-corrected chi connectivity index (χ4v) is 2.50. The third-order valence-corrected chi connectivity index (χ3v) is 3.79. The second-order valence-electron chi connectivity index (χ2n) is 5.91. The number of carbonyl (C=O) groups excluding carboxylic acids is 1. The molecule has 2 rings (SSSR count). The summed E-state index contributed by atoms with van der Waals surface area (Å²) in [6, 6.07) is -0.926. The van der Waals surface area contributed by atoms with Gasteiger partial charge in [-0.2, -0.15) is 5.10 Å². The van der Waals surface area contributed by atoms with E-state index < -0.39 is 12.0 Å². The molecular formula is C14H22N4O3. The van der Waals surface area contributed by atoms with Crippen molar-refractivity contribution in [3.8, 4) is 0 Å². The minimum Gasteiger partial charge on any atom is -0.480 e. The van der Waals surface area contributed by atoms with Crippen molar-refractivity contribution >= 4 is 17.7 Å². The van der Waals surface area contributed by atoms with Crippen molar-refractivity contribution in [3.63, 3.8) is 0 Å². The van der Waals surface area contributed by atoms with Crippen LogP contribution in [0.5, 0.6) is 0 Å². The zero-order chi connectivity index (χ0) is 15.6. The van der Waals surface area contributed by atoms with Gasteiger partial charge in [-0.1, -0.05) is 6.92 Å². The fourth-order valence-electron chi connectivity index (χ4n) is 2.50. The van der Waals surface area contributed by atoms with E-state index >= 15 is 0 Å². The van der Waals surface area contributed by atoms with Gasteiger partial charge in [0.2, 0.25) is 0 Å². The molecule has 1 aliphatic rings. The highest BCUT2D eigenvalue weighted by Gasteiger charge is 2.34. The molecule has 7 nitrogen and oxygen atoms in total. The number of rotatable bonds is 3. The fraction of sp³-hybridized carbons (Fsp3) is 0.643. The van der Waals surface area contributed by atoms with Gasteiger partial charge in [0.15, 0.2) is 0 Å². The molecule has 2 amide bonds. The molecule has 21 heavy (non-hydrogen) atoms. The summed E-state index contributed by atoms with van der Waals surface area (Å²) >= 11 is 0. The molecule has 0 aliphatic carbocycles. The SMILES string of the molecule is CC1CCN(C(=O)Nc2cnn(C(C)C)c2)C(C(=O)O)C1. The van der Waals surface area contributed by atoms with Crippen molar-refractivity contribution in [1.29, 1.82) is 0 Å². The Morgan fingerprint density at radius 2 is 2.19 bits per heavy atom. The summed E-state index contributed by atoms with van der Waals surface area (Å²) in [6.45, 7) is 6.45. The smallest absolute Gasteiger partial charge is 0.326 e. The maximum atomic E-state index is 12.3. The summed E-state index contributed by atoms with van der Waals surface area (Å²) in [5.41, 5.74) is 0.580. The normalized spacial score (nSPS) is 22.4. The lowest BCUT2D eigenvalue weighted by molar-refractivity contribution is -0.143. The standard InChI is InChI=1S/C14H22N4O3/c1-9(2)18-8-11(7-15-18)16-14(21)17-5-4-10(3)6-12(17)13(19)20/h7-10,12H,4-6H2,1-3H3,(H,16,21)(H,19,20). The van der Waals surface area contributed by atoms with E-state index in [1.807, 2.05) is 20.8 Å². The Morgan fingerprint density at radius 3 is 2.76 bits per heavy atom. The number of carbonyl (C=O) groups is 2. The highest BCUT2D eigenvalue weighted by atomic mass is 16.4. The number of amides is 2. The van der Waals surface area contributed by atoms with Crippen LogP contribution in [0, 0.1) is 5.92 Å². The van der Waals surface area contributed by atoms with Crippen LogP contribution in [0.1, 0.15) is 39.7 Å². The van der Waals surface area contributed by atoms with Crippen molar-refractivity contribution in [1.82, 2.24) is 14.7 Å². The Kier molecular flexibility index (Phi) is 4.50. The Labute approximate surface area is 123 Å². The number of carboxylic acids is 1. The van der Waals surface area contributed by atoms with Gasteiger partial charge in [-0.15, -0.1) is 0 Å². The molecular weight excluding hydrogens is 272 g/mol. The molecule has 1 aromatic rings. The topological polar surface area (TPSA) is 87.5 Å². The molecule has 2 atom stereocenters. The number of carboxylic acid groups (broad SMARTS) is 1. The van der Waals surface area contributed by atoms with Crippen LogP contribution in [-0.4, -0.2) is 44.4 Å². The number of piperidine rings is 1. The maximum Gasteiger partial charge on any atom is 0.326 e.